The fourth-order valence-electron chi connectivity index (χ4n) is 1.53. The molecule has 2 rings (SSSR count). The lowest BCUT2D eigenvalue weighted by Crippen LogP contribution is -1.86. The molecule has 2 nitrogen and oxygen atoms in total. The molecule has 1 aromatic heterocycles. The second kappa shape index (κ2) is 4.09. The van der Waals surface area contributed by atoms with Crippen LogP contribution in [0.15, 0.2) is 41.1 Å². The molecule has 0 saturated carbocycles. The predicted octanol–water partition coefficient (Wildman–Crippen LogP) is 3.29. The maximum absolute atomic E-state index is 5.00. The standard InChI is InChI=1S/C12H13NO/c1-2-6-12-11(9-14-13-12)10-7-4-3-5-8-10/h3-5,7-9H,2,6H2,1H3. The Balaban J connectivity index is 2.37. The Morgan fingerprint density at radius 1 is 1.21 bits per heavy atom. The lowest BCUT2D eigenvalue weighted by atomic mass is 10.0. The topological polar surface area (TPSA) is 26.0 Å². The van der Waals surface area contributed by atoms with Gasteiger partial charge in [-0.05, 0) is 12.0 Å². The molecule has 0 fully saturated rings. The number of benzene rings is 1. The molecule has 0 radical (unpaired) electrons. The van der Waals surface area contributed by atoms with Crippen molar-refractivity contribution < 1.29 is 4.52 Å². The van der Waals surface area contributed by atoms with Crippen molar-refractivity contribution in [3.63, 3.8) is 0 Å². The van der Waals surface area contributed by atoms with E-state index in [1.54, 1.807) is 6.26 Å². The van der Waals surface area contributed by atoms with Crippen LogP contribution in [-0.4, -0.2) is 5.16 Å². The molecule has 0 N–H and O–H groups in total. The first-order valence-corrected chi connectivity index (χ1v) is 4.90. The molecule has 72 valence electrons. The summed E-state index contributed by atoms with van der Waals surface area (Å²) in [5.74, 6) is 0. The van der Waals surface area contributed by atoms with Gasteiger partial charge >= 0.3 is 0 Å². The first-order chi connectivity index (χ1) is 6.92. The van der Waals surface area contributed by atoms with Gasteiger partial charge in [0.25, 0.3) is 0 Å². The van der Waals surface area contributed by atoms with Crippen molar-refractivity contribution in [2.45, 2.75) is 19.8 Å². The summed E-state index contributed by atoms with van der Waals surface area (Å²) in [7, 11) is 0. The predicted molar refractivity (Wildman–Crippen MR) is 55.9 cm³/mol. The van der Waals surface area contributed by atoms with Gasteiger partial charge in [-0.1, -0.05) is 48.8 Å². The van der Waals surface area contributed by atoms with Crippen LogP contribution in [0.5, 0.6) is 0 Å². The summed E-state index contributed by atoms with van der Waals surface area (Å²) in [6, 6.07) is 10.2. The van der Waals surface area contributed by atoms with Crippen LogP contribution in [-0.2, 0) is 6.42 Å². The van der Waals surface area contributed by atoms with Crippen molar-refractivity contribution in [2.75, 3.05) is 0 Å². The van der Waals surface area contributed by atoms with Crippen LogP contribution in [0.2, 0.25) is 0 Å². The zero-order valence-corrected chi connectivity index (χ0v) is 8.23. The van der Waals surface area contributed by atoms with E-state index in [-0.39, 0.29) is 0 Å². The van der Waals surface area contributed by atoms with E-state index < -0.39 is 0 Å². The van der Waals surface area contributed by atoms with Crippen molar-refractivity contribution in [2.24, 2.45) is 0 Å². The zero-order chi connectivity index (χ0) is 9.80. The summed E-state index contributed by atoms with van der Waals surface area (Å²) in [4.78, 5) is 0. The molecule has 0 spiro atoms. The first kappa shape index (κ1) is 9.00. The van der Waals surface area contributed by atoms with Gasteiger partial charge in [-0.2, -0.15) is 0 Å². The molecule has 1 aromatic carbocycles. The van der Waals surface area contributed by atoms with Gasteiger partial charge in [0, 0.05) is 5.56 Å². The van der Waals surface area contributed by atoms with Crippen LogP contribution >= 0.6 is 0 Å². The normalized spacial score (nSPS) is 10.4. The smallest absolute Gasteiger partial charge is 0.131 e. The quantitative estimate of drug-likeness (QED) is 0.736. The van der Waals surface area contributed by atoms with Gasteiger partial charge in [-0.25, -0.2) is 0 Å². The minimum Gasteiger partial charge on any atom is -0.364 e. The maximum Gasteiger partial charge on any atom is 0.131 e. The summed E-state index contributed by atoms with van der Waals surface area (Å²) in [6.07, 6.45) is 3.79. The SMILES string of the molecule is CCCc1nocc1-c1ccccc1. The van der Waals surface area contributed by atoms with Crippen molar-refractivity contribution in [1.29, 1.82) is 0 Å². The molecule has 2 aromatic rings. The van der Waals surface area contributed by atoms with Crippen molar-refractivity contribution in [3.8, 4) is 11.1 Å². The van der Waals surface area contributed by atoms with E-state index in [9.17, 15) is 0 Å². The molecule has 0 atom stereocenters. The number of nitrogens with zero attached hydrogens (tertiary/aromatic N) is 1. The van der Waals surface area contributed by atoms with Gasteiger partial charge < -0.3 is 4.52 Å². The Kier molecular flexibility index (Phi) is 2.63. The van der Waals surface area contributed by atoms with Crippen LogP contribution in [0.1, 0.15) is 19.0 Å². The Morgan fingerprint density at radius 3 is 2.71 bits per heavy atom. The highest BCUT2D eigenvalue weighted by molar-refractivity contribution is 5.64. The van der Waals surface area contributed by atoms with Gasteiger partial charge in [0.1, 0.15) is 6.26 Å². The van der Waals surface area contributed by atoms with Crippen LogP contribution in [0.25, 0.3) is 11.1 Å². The molecule has 0 aliphatic rings. The third-order valence-corrected chi connectivity index (χ3v) is 2.22. The second-order valence-electron chi connectivity index (χ2n) is 3.29. The maximum atomic E-state index is 5.00. The van der Waals surface area contributed by atoms with Gasteiger partial charge in [0.05, 0.1) is 5.69 Å². The Bertz CT molecular complexity index is 392. The summed E-state index contributed by atoms with van der Waals surface area (Å²) in [5, 5.41) is 4.01. The molecular formula is C12H13NO. The Morgan fingerprint density at radius 2 is 2.00 bits per heavy atom. The fraction of sp³-hybridized carbons (Fsp3) is 0.250. The molecule has 0 aliphatic heterocycles. The third kappa shape index (κ3) is 1.69. The van der Waals surface area contributed by atoms with Gasteiger partial charge in [0.15, 0.2) is 0 Å². The molecule has 0 amide bonds. The molecule has 0 saturated heterocycles. The number of aryl methyl sites for hydroxylation is 1. The number of hydrogen-bond acceptors (Lipinski definition) is 2. The number of aromatic nitrogens is 1. The molecule has 0 unspecified atom stereocenters. The molecule has 1 heterocycles. The van der Waals surface area contributed by atoms with Crippen LogP contribution in [0.3, 0.4) is 0 Å². The largest absolute Gasteiger partial charge is 0.364 e. The molecule has 14 heavy (non-hydrogen) atoms. The summed E-state index contributed by atoms with van der Waals surface area (Å²) in [6.45, 7) is 2.14. The first-order valence-electron chi connectivity index (χ1n) is 4.90. The van der Waals surface area contributed by atoms with Crippen LogP contribution in [0.4, 0.5) is 0 Å². The fourth-order valence-corrected chi connectivity index (χ4v) is 1.53. The van der Waals surface area contributed by atoms with Crippen molar-refractivity contribution in [1.82, 2.24) is 5.16 Å². The third-order valence-electron chi connectivity index (χ3n) is 2.22. The lowest BCUT2D eigenvalue weighted by Gasteiger charge is -1.98. The van der Waals surface area contributed by atoms with E-state index in [1.165, 1.54) is 5.56 Å². The second-order valence-corrected chi connectivity index (χ2v) is 3.29. The van der Waals surface area contributed by atoms with E-state index in [1.807, 2.05) is 18.2 Å². The van der Waals surface area contributed by atoms with E-state index >= 15 is 0 Å². The van der Waals surface area contributed by atoms with Crippen LogP contribution < -0.4 is 0 Å². The average molecular weight is 187 g/mol. The highest BCUT2D eigenvalue weighted by atomic mass is 16.5. The van der Waals surface area contributed by atoms with Crippen LogP contribution in [0, 0.1) is 0 Å². The minimum atomic E-state index is 0.973. The summed E-state index contributed by atoms with van der Waals surface area (Å²) in [5.41, 5.74) is 3.35. The highest BCUT2D eigenvalue weighted by Gasteiger charge is 2.07. The van der Waals surface area contributed by atoms with Crippen molar-refractivity contribution >= 4 is 0 Å². The molecule has 2 heteroatoms. The summed E-state index contributed by atoms with van der Waals surface area (Å²) < 4.78 is 5.00. The highest BCUT2D eigenvalue weighted by Crippen LogP contribution is 2.23. The van der Waals surface area contributed by atoms with E-state index in [4.69, 9.17) is 4.52 Å². The van der Waals surface area contributed by atoms with Gasteiger partial charge in [-0.15, -0.1) is 0 Å². The number of rotatable bonds is 3. The Hall–Kier alpha value is -1.57. The van der Waals surface area contributed by atoms with E-state index in [0.29, 0.717) is 0 Å². The molecule has 0 aliphatic carbocycles. The summed E-state index contributed by atoms with van der Waals surface area (Å²) >= 11 is 0. The van der Waals surface area contributed by atoms with E-state index in [0.717, 1.165) is 24.1 Å². The van der Waals surface area contributed by atoms with Gasteiger partial charge in [0.2, 0.25) is 0 Å². The Labute approximate surface area is 83.5 Å². The molecular weight excluding hydrogens is 174 g/mol. The van der Waals surface area contributed by atoms with E-state index in [2.05, 4.69) is 24.2 Å². The minimum absolute atomic E-state index is 0.973. The van der Waals surface area contributed by atoms with Crippen molar-refractivity contribution in [3.05, 3.63) is 42.3 Å². The number of hydrogen-bond donors (Lipinski definition) is 0. The molecule has 0 bridgehead atoms. The van der Waals surface area contributed by atoms with Gasteiger partial charge in [-0.3, -0.25) is 0 Å². The monoisotopic (exact) mass is 187 g/mol. The average Bonchev–Trinajstić information content (AvgIpc) is 2.68. The zero-order valence-electron chi connectivity index (χ0n) is 8.23. The lowest BCUT2D eigenvalue weighted by molar-refractivity contribution is 0.411.